The zero-order valence-electron chi connectivity index (χ0n) is 11.2. The van der Waals surface area contributed by atoms with Crippen LogP contribution in [0.25, 0.3) is 10.9 Å². The van der Waals surface area contributed by atoms with Crippen LogP contribution >= 0.6 is 12.2 Å². The molecule has 0 aliphatic rings. The molecule has 0 amide bonds. The average molecular weight is 274 g/mol. The molecule has 3 N–H and O–H groups in total. The number of fused-ring (bicyclic) bond motifs is 1. The number of hydrogen-bond donors (Lipinski definition) is 3. The van der Waals surface area contributed by atoms with Gasteiger partial charge in [0.1, 0.15) is 0 Å². The first-order valence-corrected chi connectivity index (χ1v) is 6.83. The van der Waals surface area contributed by atoms with Crippen molar-refractivity contribution in [2.24, 2.45) is 5.10 Å². The topological polar surface area (TPSA) is 52.2 Å². The van der Waals surface area contributed by atoms with Crippen LogP contribution in [0.2, 0.25) is 0 Å². The number of thiocarbonyl (C=S) groups is 1. The number of hydrazone groups is 1. The lowest BCUT2D eigenvalue weighted by Gasteiger charge is -2.02. The molecule has 1 heterocycles. The second-order valence-electron chi connectivity index (χ2n) is 4.17. The Morgan fingerprint density at radius 2 is 2.26 bits per heavy atom. The number of benzene rings is 1. The lowest BCUT2D eigenvalue weighted by Crippen LogP contribution is -2.31. The maximum Gasteiger partial charge on any atom is 0.186 e. The van der Waals surface area contributed by atoms with E-state index in [0.717, 1.165) is 18.5 Å². The zero-order valence-corrected chi connectivity index (χ0v) is 12.0. The van der Waals surface area contributed by atoms with E-state index in [2.05, 4.69) is 46.0 Å². The molecule has 0 spiro atoms. The van der Waals surface area contributed by atoms with E-state index in [1.54, 1.807) is 6.21 Å². The van der Waals surface area contributed by atoms with Crippen LogP contribution in [0.1, 0.15) is 25.0 Å². The summed E-state index contributed by atoms with van der Waals surface area (Å²) in [7, 11) is 0. The number of hydrogen-bond acceptors (Lipinski definition) is 2. The van der Waals surface area contributed by atoms with E-state index in [4.69, 9.17) is 12.2 Å². The van der Waals surface area contributed by atoms with Gasteiger partial charge in [-0.3, -0.25) is 5.43 Å². The molecule has 4 nitrogen and oxygen atoms in total. The quantitative estimate of drug-likeness (QED) is 0.456. The molecule has 2 aromatic rings. The molecule has 100 valence electrons. The minimum absolute atomic E-state index is 0.535. The Labute approximate surface area is 118 Å². The largest absolute Gasteiger partial charge is 0.362 e. The van der Waals surface area contributed by atoms with E-state index in [1.165, 1.54) is 16.5 Å². The molecule has 0 aliphatic heterocycles. The molecule has 0 fully saturated rings. The van der Waals surface area contributed by atoms with E-state index in [1.807, 2.05) is 13.1 Å². The minimum atomic E-state index is 0.535. The van der Waals surface area contributed by atoms with Gasteiger partial charge in [0.05, 0.1) is 6.21 Å². The summed E-state index contributed by atoms with van der Waals surface area (Å²) < 4.78 is 0. The van der Waals surface area contributed by atoms with Crippen molar-refractivity contribution in [1.29, 1.82) is 0 Å². The van der Waals surface area contributed by atoms with Crippen LogP contribution in [0.4, 0.5) is 0 Å². The number of aromatic nitrogens is 1. The minimum Gasteiger partial charge on any atom is -0.362 e. The second-order valence-corrected chi connectivity index (χ2v) is 4.57. The highest BCUT2D eigenvalue weighted by Gasteiger charge is 2.04. The summed E-state index contributed by atoms with van der Waals surface area (Å²) in [5.74, 6) is 0. The summed E-state index contributed by atoms with van der Waals surface area (Å²) in [5, 5.41) is 8.83. The average Bonchev–Trinajstić information content (AvgIpc) is 2.82. The van der Waals surface area contributed by atoms with Crippen LogP contribution in [0.5, 0.6) is 0 Å². The fraction of sp³-hybridized carbons (Fsp3) is 0.286. The molecule has 0 saturated heterocycles. The lowest BCUT2D eigenvalue weighted by atomic mass is 10.1. The van der Waals surface area contributed by atoms with Gasteiger partial charge in [-0.2, -0.15) is 5.10 Å². The summed E-state index contributed by atoms with van der Waals surface area (Å²) in [6, 6.07) is 6.30. The van der Waals surface area contributed by atoms with Crippen molar-refractivity contribution in [3.63, 3.8) is 0 Å². The number of H-pyrrole nitrogens is 1. The Hall–Kier alpha value is -1.88. The molecular formula is C14H18N4S. The van der Waals surface area contributed by atoms with Gasteiger partial charge < -0.3 is 10.3 Å². The summed E-state index contributed by atoms with van der Waals surface area (Å²) in [6.45, 7) is 4.93. The van der Waals surface area contributed by atoms with E-state index >= 15 is 0 Å². The van der Waals surface area contributed by atoms with Crippen LogP contribution in [0.3, 0.4) is 0 Å². The number of aromatic amines is 1. The zero-order chi connectivity index (χ0) is 13.7. The fourth-order valence-corrected chi connectivity index (χ4v) is 2.20. The van der Waals surface area contributed by atoms with E-state index in [0.29, 0.717) is 5.11 Å². The molecule has 1 aromatic carbocycles. The van der Waals surface area contributed by atoms with Gasteiger partial charge in [-0.25, -0.2) is 0 Å². The molecule has 0 radical (unpaired) electrons. The molecule has 2 rings (SSSR count). The van der Waals surface area contributed by atoms with Crippen molar-refractivity contribution in [3.8, 4) is 0 Å². The third-order valence-corrected chi connectivity index (χ3v) is 3.16. The van der Waals surface area contributed by atoms with Gasteiger partial charge in [0, 0.05) is 29.2 Å². The Balaban J connectivity index is 2.18. The van der Waals surface area contributed by atoms with Crippen molar-refractivity contribution in [2.75, 3.05) is 6.54 Å². The molecule has 0 atom stereocenters. The van der Waals surface area contributed by atoms with Gasteiger partial charge in [-0.15, -0.1) is 0 Å². The Bertz CT molecular complexity index is 601. The predicted octanol–water partition coefficient (Wildman–Crippen LogP) is 2.55. The summed E-state index contributed by atoms with van der Waals surface area (Å²) in [4.78, 5) is 3.30. The van der Waals surface area contributed by atoms with E-state index in [-0.39, 0.29) is 0 Å². The first kappa shape index (κ1) is 13.5. The Morgan fingerprint density at radius 3 is 3.00 bits per heavy atom. The van der Waals surface area contributed by atoms with Crippen LogP contribution in [0.15, 0.2) is 29.5 Å². The third-order valence-electron chi connectivity index (χ3n) is 2.92. The molecule has 0 aliphatic carbocycles. The smallest absolute Gasteiger partial charge is 0.186 e. The van der Waals surface area contributed by atoms with Crippen LogP contribution in [0, 0.1) is 0 Å². The first-order valence-electron chi connectivity index (χ1n) is 6.42. The molecular weight excluding hydrogens is 256 g/mol. The number of aryl methyl sites for hydroxylation is 1. The van der Waals surface area contributed by atoms with Crippen LogP contribution in [-0.2, 0) is 6.42 Å². The molecule has 19 heavy (non-hydrogen) atoms. The Kier molecular flexibility index (Phi) is 4.52. The van der Waals surface area contributed by atoms with E-state index in [9.17, 15) is 0 Å². The van der Waals surface area contributed by atoms with Crippen molar-refractivity contribution < 1.29 is 0 Å². The van der Waals surface area contributed by atoms with Gasteiger partial charge in [0.2, 0.25) is 0 Å². The summed E-state index contributed by atoms with van der Waals surface area (Å²) in [6.07, 6.45) is 4.75. The van der Waals surface area contributed by atoms with Crippen molar-refractivity contribution in [2.45, 2.75) is 20.3 Å². The van der Waals surface area contributed by atoms with Crippen LogP contribution in [-0.4, -0.2) is 22.9 Å². The fourth-order valence-electron chi connectivity index (χ4n) is 2.00. The van der Waals surface area contributed by atoms with Gasteiger partial charge in [0.15, 0.2) is 5.11 Å². The number of rotatable bonds is 4. The monoisotopic (exact) mass is 274 g/mol. The van der Waals surface area contributed by atoms with Crippen LogP contribution < -0.4 is 10.7 Å². The van der Waals surface area contributed by atoms with Gasteiger partial charge in [-0.05, 0) is 31.1 Å². The standard InChI is InChI=1S/C14H18N4S/c1-3-10-6-5-7-12-11(8-16-13(10)12)9-17-18-14(19)15-4-2/h5-9,16H,3-4H2,1-2H3,(H2,15,18,19). The molecule has 0 unspecified atom stereocenters. The highest BCUT2D eigenvalue weighted by atomic mass is 32.1. The van der Waals surface area contributed by atoms with Gasteiger partial charge in [-0.1, -0.05) is 25.1 Å². The molecule has 5 heteroatoms. The van der Waals surface area contributed by atoms with Gasteiger partial charge in [0.25, 0.3) is 0 Å². The molecule has 0 bridgehead atoms. The number of nitrogens with zero attached hydrogens (tertiary/aromatic N) is 1. The van der Waals surface area contributed by atoms with E-state index < -0.39 is 0 Å². The SMILES string of the molecule is CCNC(=S)NN=Cc1c[nH]c2c(CC)cccc12. The molecule has 0 saturated carbocycles. The normalized spacial score (nSPS) is 11.1. The number of nitrogens with one attached hydrogen (secondary N) is 3. The second kappa shape index (κ2) is 6.33. The maximum atomic E-state index is 5.04. The lowest BCUT2D eigenvalue weighted by molar-refractivity contribution is 0.904. The van der Waals surface area contributed by atoms with Gasteiger partial charge >= 0.3 is 0 Å². The summed E-state index contributed by atoms with van der Waals surface area (Å²) >= 11 is 5.04. The maximum absolute atomic E-state index is 5.04. The van der Waals surface area contributed by atoms with Crippen molar-refractivity contribution >= 4 is 34.4 Å². The number of para-hydroxylation sites is 1. The van der Waals surface area contributed by atoms with Crippen molar-refractivity contribution in [3.05, 3.63) is 35.5 Å². The Morgan fingerprint density at radius 1 is 1.42 bits per heavy atom. The highest BCUT2D eigenvalue weighted by molar-refractivity contribution is 7.80. The molecule has 1 aromatic heterocycles. The first-order chi connectivity index (χ1) is 9.26. The third kappa shape index (κ3) is 3.12. The highest BCUT2D eigenvalue weighted by Crippen LogP contribution is 2.20. The summed E-state index contributed by atoms with van der Waals surface area (Å²) in [5.41, 5.74) is 6.34. The van der Waals surface area contributed by atoms with Crippen molar-refractivity contribution in [1.82, 2.24) is 15.7 Å². The predicted molar refractivity (Wildman–Crippen MR) is 84.7 cm³/mol.